The molecule has 3 N–H and O–H groups in total. The van der Waals surface area contributed by atoms with Crippen LogP contribution < -0.4 is 10.5 Å². The van der Waals surface area contributed by atoms with Crippen molar-refractivity contribution >= 4 is 27.3 Å². The van der Waals surface area contributed by atoms with Gasteiger partial charge in [0.25, 0.3) is 0 Å². The zero-order valence-corrected chi connectivity index (χ0v) is 12.9. The molecule has 5 nitrogen and oxygen atoms in total. The molecule has 20 heavy (non-hydrogen) atoms. The van der Waals surface area contributed by atoms with Crippen LogP contribution in [0.1, 0.15) is 18.4 Å². The fraction of sp³-hybridized carbons (Fsp3) is 0.538. The first-order chi connectivity index (χ1) is 9.40. The third-order valence-corrected chi connectivity index (χ3v) is 5.29. The Bertz CT molecular complexity index is 584. The summed E-state index contributed by atoms with van der Waals surface area (Å²) in [5.74, 6) is 0.225. The highest BCUT2D eigenvalue weighted by Crippen LogP contribution is 2.26. The van der Waals surface area contributed by atoms with Crippen molar-refractivity contribution in [1.82, 2.24) is 4.72 Å². The highest BCUT2D eigenvalue weighted by atomic mass is 35.5. The molecule has 2 rings (SSSR count). The second-order valence-corrected chi connectivity index (χ2v) is 7.22. The molecule has 0 aromatic heterocycles. The van der Waals surface area contributed by atoms with E-state index in [1.54, 1.807) is 13.0 Å². The highest BCUT2D eigenvalue weighted by Gasteiger charge is 2.21. The van der Waals surface area contributed by atoms with Gasteiger partial charge in [-0.2, -0.15) is 0 Å². The smallest absolute Gasteiger partial charge is 0.240 e. The van der Waals surface area contributed by atoms with E-state index in [1.807, 2.05) is 0 Å². The van der Waals surface area contributed by atoms with Crippen LogP contribution in [0.4, 0.5) is 5.69 Å². The molecule has 0 bridgehead atoms. The summed E-state index contributed by atoms with van der Waals surface area (Å²) in [6.45, 7) is 3.44. The van der Waals surface area contributed by atoms with Crippen molar-refractivity contribution in [3.05, 3.63) is 22.7 Å². The van der Waals surface area contributed by atoms with Gasteiger partial charge in [0.1, 0.15) is 0 Å². The number of nitrogens with two attached hydrogens (primary N) is 1. The van der Waals surface area contributed by atoms with Crippen LogP contribution in [0.15, 0.2) is 17.0 Å². The molecule has 1 aliphatic heterocycles. The molecule has 1 saturated heterocycles. The van der Waals surface area contributed by atoms with Gasteiger partial charge < -0.3 is 10.5 Å². The average molecular weight is 319 g/mol. The van der Waals surface area contributed by atoms with E-state index in [1.165, 1.54) is 6.07 Å². The van der Waals surface area contributed by atoms with Crippen LogP contribution in [0, 0.1) is 12.8 Å². The maximum absolute atomic E-state index is 12.3. The number of anilines is 1. The molecule has 112 valence electrons. The molecule has 0 saturated carbocycles. The Balaban J connectivity index is 2.11. The Hall–Kier alpha value is -0.820. The Morgan fingerprint density at radius 3 is 2.90 bits per heavy atom. The van der Waals surface area contributed by atoms with E-state index < -0.39 is 10.0 Å². The lowest BCUT2D eigenvalue weighted by Crippen LogP contribution is -2.33. The minimum atomic E-state index is -3.57. The second-order valence-electron chi connectivity index (χ2n) is 5.07. The number of sulfonamides is 1. The summed E-state index contributed by atoms with van der Waals surface area (Å²) in [6.07, 6.45) is 1.95. The lowest BCUT2D eigenvalue weighted by atomic mass is 10.0. The summed E-state index contributed by atoms with van der Waals surface area (Å²) in [4.78, 5) is 0.177. The SMILES string of the molecule is Cc1cc(Cl)c(N)cc1S(=O)(=O)NCC1CCCOC1. The van der Waals surface area contributed by atoms with Crippen molar-refractivity contribution < 1.29 is 13.2 Å². The summed E-state index contributed by atoms with van der Waals surface area (Å²) in [7, 11) is -3.57. The Labute approximate surface area is 124 Å². The van der Waals surface area contributed by atoms with Crippen LogP contribution >= 0.6 is 11.6 Å². The third-order valence-electron chi connectivity index (χ3n) is 3.40. The van der Waals surface area contributed by atoms with Gasteiger partial charge in [-0.3, -0.25) is 0 Å². The standard InChI is InChI=1S/C13H19ClN2O3S/c1-9-5-11(14)12(15)6-13(9)20(17,18)16-7-10-3-2-4-19-8-10/h5-6,10,16H,2-4,7-8,15H2,1H3. The zero-order chi connectivity index (χ0) is 14.8. The van der Waals surface area contributed by atoms with Gasteiger partial charge in [-0.15, -0.1) is 0 Å². The lowest BCUT2D eigenvalue weighted by molar-refractivity contribution is 0.0568. The first-order valence-electron chi connectivity index (χ1n) is 6.53. The van der Waals surface area contributed by atoms with E-state index in [4.69, 9.17) is 22.1 Å². The van der Waals surface area contributed by atoms with Crippen molar-refractivity contribution in [3.8, 4) is 0 Å². The summed E-state index contributed by atoms with van der Waals surface area (Å²) in [5, 5.41) is 0.363. The molecule has 0 aliphatic carbocycles. The van der Waals surface area contributed by atoms with Gasteiger partial charge in [0.05, 0.1) is 22.2 Å². The number of nitrogen functional groups attached to an aromatic ring is 1. The number of hydrogen-bond acceptors (Lipinski definition) is 4. The summed E-state index contributed by atoms with van der Waals surface area (Å²) >= 11 is 5.88. The summed E-state index contributed by atoms with van der Waals surface area (Å²) in [6, 6.07) is 2.96. The molecular weight excluding hydrogens is 300 g/mol. The predicted molar refractivity (Wildman–Crippen MR) is 79.3 cm³/mol. The van der Waals surface area contributed by atoms with Crippen LogP contribution in [-0.4, -0.2) is 28.2 Å². The van der Waals surface area contributed by atoms with Gasteiger partial charge in [-0.25, -0.2) is 13.1 Å². The second kappa shape index (κ2) is 6.30. The number of ether oxygens (including phenoxy) is 1. The van der Waals surface area contributed by atoms with Crippen molar-refractivity contribution in [2.75, 3.05) is 25.5 Å². The molecule has 0 amide bonds. The van der Waals surface area contributed by atoms with Gasteiger partial charge in [0, 0.05) is 13.2 Å². The van der Waals surface area contributed by atoms with Crippen molar-refractivity contribution in [1.29, 1.82) is 0 Å². The monoisotopic (exact) mass is 318 g/mol. The molecule has 1 atom stereocenters. The van der Waals surface area contributed by atoms with Crippen LogP contribution in [0.3, 0.4) is 0 Å². The molecule has 0 spiro atoms. The van der Waals surface area contributed by atoms with E-state index in [0.717, 1.165) is 19.4 Å². The topological polar surface area (TPSA) is 81.4 Å². The van der Waals surface area contributed by atoms with Crippen molar-refractivity contribution in [2.24, 2.45) is 5.92 Å². The van der Waals surface area contributed by atoms with Gasteiger partial charge in [-0.1, -0.05) is 11.6 Å². The van der Waals surface area contributed by atoms with Gasteiger partial charge >= 0.3 is 0 Å². The minimum Gasteiger partial charge on any atom is -0.397 e. The largest absolute Gasteiger partial charge is 0.397 e. The maximum atomic E-state index is 12.3. The Kier molecular flexibility index (Phi) is 4.90. The molecule has 1 aliphatic rings. The van der Waals surface area contributed by atoms with E-state index in [2.05, 4.69) is 4.72 Å². The lowest BCUT2D eigenvalue weighted by Gasteiger charge is -2.22. The highest BCUT2D eigenvalue weighted by molar-refractivity contribution is 7.89. The minimum absolute atomic E-state index is 0.177. The molecule has 1 aromatic carbocycles. The molecule has 7 heteroatoms. The van der Waals surface area contributed by atoms with Crippen LogP contribution in [0.2, 0.25) is 5.02 Å². The van der Waals surface area contributed by atoms with Gasteiger partial charge in [0.15, 0.2) is 0 Å². The zero-order valence-electron chi connectivity index (χ0n) is 11.4. The Morgan fingerprint density at radius 2 is 2.25 bits per heavy atom. The molecule has 0 radical (unpaired) electrons. The van der Waals surface area contributed by atoms with Gasteiger partial charge in [-0.05, 0) is 43.4 Å². The van der Waals surface area contributed by atoms with Crippen LogP contribution in [0.5, 0.6) is 0 Å². The number of rotatable bonds is 4. The summed E-state index contributed by atoms with van der Waals surface area (Å²) in [5.41, 5.74) is 6.52. The molecule has 1 fully saturated rings. The maximum Gasteiger partial charge on any atom is 0.240 e. The molecular formula is C13H19ClN2O3S. The first-order valence-corrected chi connectivity index (χ1v) is 8.39. The van der Waals surface area contributed by atoms with Crippen LogP contribution in [0.25, 0.3) is 0 Å². The van der Waals surface area contributed by atoms with E-state index in [0.29, 0.717) is 23.7 Å². The Morgan fingerprint density at radius 1 is 1.50 bits per heavy atom. The van der Waals surface area contributed by atoms with E-state index >= 15 is 0 Å². The summed E-state index contributed by atoms with van der Waals surface area (Å²) < 4.78 is 32.6. The van der Waals surface area contributed by atoms with Crippen molar-refractivity contribution in [2.45, 2.75) is 24.7 Å². The number of benzene rings is 1. The molecule has 1 aromatic rings. The number of nitrogens with one attached hydrogen (secondary N) is 1. The van der Waals surface area contributed by atoms with E-state index in [9.17, 15) is 8.42 Å². The number of aryl methyl sites for hydroxylation is 1. The van der Waals surface area contributed by atoms with Gasteiger partial charge in [0.2, 0.25) is 10.0 Å². The fourth-order valence-electron chi connectivity index (χ4n) is 2.23. The number of hydrogen-bond donors (Lipinski definition) is 2. The van der Waals surface area contributed by atoms with E-state index in [-0.39, 0.29) is 16.5 Å². The van der Waals surface area contributed by atoms with Crippen molar-refractivity contribution in [3.63, 3.8) is 0 Å². The predicted octanol–water partition coefficient (Wildman–Crippen LogP) is 1.94. The first kappa shape index (κ1) is 15.6. The average Bonchev–Trinajstić information content (AvgIpc) is 2.42. The van der Waals surface area contributed by atoms with Crippen LogP contribution in [-0.2, 0) is 14.8 Å². The quantitative estimate of drug-likeness (QED) is 0.831. The molecule has 1 unspecified atom stereocenters. The third kappa shape index (κ3) is 3.63. The number of halogens is 1. The normalized spacial score (nSPS) is 20.0. The fourth-order valence-corrected chi connectivity index (χ4v) is 3.83. The molecule has 1 heterocycles.